The highest BCUT2D eigenvalue weighted by Gasteiger charge is 2.11. The average Bonchev–Trinajstić information content (AvgIpc) is 2.93. The van der Waals surface area contributed by atoms with Crippen molar-refractivity contribution in [1.29, 1.82) is 0 Å². The number of phenolic OH excluding ortho intramolecular Hbond substituents is 1. The number of halogens is 1. The topological polar surface area (TPSA) is 54.6 Å². The molecule has 102 valence electrons. The summed E-state index contributed by atoms with van der Waals surface area (Å²) in [5.74, 6) is 1.46. The first-order valence-corrected chi connectivity index (χ1v) is 6.73. The molecule has 0 aliphatic heterocycles. The minimum absolute atomic E-state index is 0.116. The van der Waals surface area contributed by atoms with Crippen molar-refractivity contribution in [3.05, 3.63) is 46.3 Å². The minimum Gasteiger partial charge on any atom is -0.503 e. The van der Waals surface area contributed by atoms with Gasteiger partial charge in [-0.1, -0.05) is 0 Å². The van der Waals surface area contributed by atoms with E-state index in [1.54, 1.807) is 6.26 Å². The van der Waals surface area contributed by atoms with Crippen molar-refractivity contribution < 1.29 is 14.3 Å². The van der Waals surface area contributed by atoms with E-state index in [-0.39, 0.29) is 11.8 Å². The number of nitrogens with one attached hydrogen (secondary N) is 1. The Labute approximate surface area is 120 Å². The highest BCUT2D eigenvalue weighted by molar-refractivity contribution is 9.10. The fourth-order valence-corrected chi connectivity index (χ4v) is 2.28. The largest absolute Gasteiger partial charge is 0.503 e. The Kier molecular flexibility index (Phi) is 4.50. The highest BCUT2D eigenvalue weighted by Crippen LogP contribution is 2.35. The van der Waals surface area contributed by atoms with Crippen molar-refractivity contribution in [1.82, 2.24) is 5.32 Å². The molecular weight excluding hydrogens is 310 g/mol. The molecule has 2 N–H and O–H groups in total. The van der Waals surface area contributed by atoms with Crippen molar-refractivity contribution >= 4 is 15.9 Å². The van der Waals surface area contributed by atoms with E-state index in [0.717, 1.165) is 11.3 Å². The van der Waals surface area contributed by atoms with Crippen molar-refractivity contribution in [2.75, 3.05) is 7.11 Å². The summed E-state index contributed by atoms with van der Waals surface area (Å²) in [6.07, 6.45) is 1.66. The lowest BCUT2D eigenvalue weighted by Gasteiger charge is -2.13. The van der Waals surface area contributed by atoms with Crippen molar-refractivity contribution in [3.8, 4) is 11.5 Å². The molecule has 0 bridgehead atoms. The van der Waals surface area contributed by atoms with Gasteiger partial charge in [0.25, 0.3) is 0 Å². The van der Waals surface area contributed by atoms with Crippen LogP contribution >= 0.6 is 15.9 Å². The molecule has 0 aliphatic carbocycles. The van der Waals surface area contributed by atoms with Crippen molar-refractivity contribution in [2.24, 2.45) is 0 Å². The molecule has 0 amide bonds. The van der Waals surface area contributed by atoms with Crippen LogP contribution in [0.25, 0.3) is 0 Å². The van der Waals surface area contributed by atoms with Crippen LogP contribution in [0.15, 0.2) is 39.4 Å². The van der Waals surface area contributed by atoms with Crippen LogP contribution < -0.4 is 10.1 Å². The van der Waals surface area contributed by atoms with Gasteiger partial charge in [-0.15, -0.1) is 0 Å². The summed E-state index contributed by atoms with van der Waals surface area (Å²) in [4.78, 5) is 0. The Balaban J connectivity index is 2.05. The molecule has 1 unspecified atom stereocenters. The third-order valence-electron chi connectivity index (χ3n) is 2.89. The first-order valence-electron chi connectivity index (χ1n) is 5.94. The molecule has 0 aliphatic rings. The number of aromatic hydroxyl groups is 1. The lowest BCUT2D eigenvalue weighted by molar-refractivity contribution is 0.370. The Bertz CT molecular complexity index is 540. The highest BCUT2D eigenvalue weighted by atomic mass is 79.9. The molecule has 2 aromatic rings. The quantitative estimate of drug-likeness (QED) is 0.881. The van der Waals surface area contributed by atoms with Gasteiger partial charge in [-0.3, -0.25) is 0 Å². The molecule has 0 spiro atoms. The number of ether oxygens (including phenoxy) is 1. The second-order valence-corrected chi connectivity index (χ2v) is 5.10. The van der Waals surface area contributed by atoms with Gasteiger partial charge in [-0.25, -0.2) is 0 Å². The van der Waals surface area contributed by atoms with Gasteiger partial charge in [0.2, 0.25) is 0 Å². The SMILES string of the molecule is COc1cc(CNC(C)c2ccco2)cc(Br)c1O. The molecule has 0 fully saturated rings. The number of benzene rings is 1. The predicted octanol–water partition coefficient (Wildman–Crippen LogP) is 3.61. The summed E-state index contributed by atoms with van der Waals surface area (Å²) in [6, 6.07) is 7.59. The van der Waals surface area contributed by atoms with Crippen LogP contribution in [0.4, 0.5) is 0 Å². The molecule has 4 nitrogen and oxygen atoms in total. The summed E-state index contributed by atoms with van der Waals surface area (Å²) in [7, 11) is 1.53. The van der Waals surface area contributed by atoms with E-state index in [2.05, 4.69) is 21.2 Å². The summed E-state index contributed by atoms with van der Waals surface area (Å²) in [5.41, 5.74) is 1.01. The first-order chi connectivity index (χ1) is 9.11. The standard InChI is InChI=1S/C14H16BrNO3/c1-9(12-4-3-5-19-12)16-8-10-6-11(15)14(17)13(7-10)18-2/h3-7,9,16-17H,8H2,1-2H3. The summed E-state index contributed by atoms with van der Waals surface area (Å²) < 4.78 is 11.1. The van der Waals surface area contributed by atoms with Gasteiger partial charge in [0.15, 0.2) is 11.5 Å². The molecule has 0 saturated heterocycles. The predicted molar refractivity (Wildman–Crippen MR) is 76.3 cm³/mol. The van der Waals surface area contributed by atoms with Crippen LogP contribution in [0.5, 0.6) is 11.5 Å². The average molecular weight is 326 g/mol. The molecule has 0 saturated carbocycles. The van der Waals surface area contributed by atoms with Crippen LogP contribution in [-0.2, 0) is 6.54 Å². The lowest BCUT2D eigenvalue weighted by atomic mass is 10.1. The Morgan fingerprint density at radius 2 is 2.26 bits per heavy atom. The zero-order chi connectivity index (χ0) is 13.8. The lowest BCUT2D eigenvalue weighted by Crippen LogP contribution is -2.17. The van der Waals surface area contributed by atoms with Crippen LogP contribution in [0.2, 0.25) is 0 Å². The van der Waals surface area contributed by atoms with Gasteiger partial charge in [0.1, 0.15) is 5.76 Å². The van der Waals surface area contributed by atoms with E-state index in [9.17, 15) is 5.11 Å². The van der Waals surface area contributed by atoms with E-state index in [1.165, 1.54) is 7.11 Å². The zero-order valence-corrected chi connectivity index (χ0v) is 12.4. The molecule has 0 radical (unpaired) electrons. The second kappa shape index (κ2) is 6.12. The molecular formula is C14H16BrNO3. The van der Waals surface area contributed by atoms with E-state index >= 15 is 0 Å². The van der Waals surface area contributed by atoms with E-state index < -0.39 is 0 Å². The second-order valence-electron chi connectivity index (χ2n) is 4.25. The Morgan fingerprint density at radius 3 is 2.89 bits per heavy atom. The third kappa shape index (κ3) is 3.30. The summed E-state index contributed by atoms with van der Waals surface area (Å²) in [6.45, 7) is 2.68. The van der Waals surface area contributed by atoms with E-state index in [4.69, 9.17) is 9.15 Å². The number of methoxy groups -OCH3 is 1. The normalized spacial score (nSPS) is 12.4. The fraction of sp³-hybridized carbons (Fsp3) is 0.286. The van der Waals surface area contributed by atoms with Gasteiger partial charge in [0, 0.05) is 6.54 Å². The van der Waals surface area contributed by atoms with Gasteiger partial charge in [-0.05, 0) is 52.7 Å². The number of phenols is 1. The van der Waals surface area contributed by atoms with Crippen molar-refractivity contribution in [3.63, 3.8) is 0 Å². The van der Waals surface area contributed by atoms with E-state index in [1.807, 2.05) is 31.2 Å². The molecule has 19 heavy (non-hydrogen) atoms. The van der Waals surface area contributed by atoms with Gasteiger partial charge in [-0.2, -0.15) is 0 Å². The number of rotatable bonds is 5. The monoisotopic (exact) mass is 325 g/mol. The van der Waals surface area contributed by atoms with Crippen LogP contribution in [-0.4, -0.2) is 12.2 Å². The molecule has 1 atom stereocenters. The summed E-state index contributed by atoms with van der Waals surface area (Å²) >= 11 is 3.31. The number of hydrogen-bond donors (Lipinski definition) is 2. The summed E-state index contributed by atoms with van der Waals surface area (Å²) in [5, 5.41) is 13.1. The maximum Gasteiger partial charge on any atom is 0.172 e. The number of furan rings is 1. The molecule has 5 heteroatoms. The smallest absolute Gasteiger partial charge is 0.172 e. The van der Waals surface area contributed by atoms with Crippen LogP contribution in [0.3, 0.4) is 0 Å². The van der Waals surface area contributed by atoms with Crippen molar-refractivity contribution in [2.45, 2.75) is 19.5 Å². The van der Waals surface area contributed by atoms with Gasteiger partial charge >= 0.3 is 0 Å². The maximum atomic E-state index is 9.74. The fourth-order valence-electron chi connectivity index (χ4n) is 1.79. The molecule has 1 aromatic carbocycles. The minimum atomic E-state index is 0.116. The molecule has 2 rings (SSSR count). The van der Waals surface area contributed by atoms with Gasteiger partial charge in [0.05, 0.1) is 23.9 Å². The van der Waals surface area contributed by atoms with Gasteiger partial charge < -0.3 is 19.6 Å². The zero-order valence-electron chi connectivity index (χ0n) is 10.8. The Hall–Kier alpha value is -1.46. The Morgan fingerprint density at radius 1 is 1.47 bits per heavy atom. The number of hydrogen-bond acceptors (Lipinski definition) is 4. The van der Waals surface area contributed by atoms with Crippen LogP contribution in [0, 0.1) is 0 Å². The van der Waals surface area contributed by atoms with E-state index in [0.29, 0.717) is 16.8 Å². The molecule has 1 heterocycles. The maximum absolute atomic E-state index is 9.74. The first kappa shape index (κ1) is 14.0. The third-order valence-corrected chi connectivity index (χ3v) is 3.49. The molecule has 1 aromatic heterocycles. The van der Waals surface area contributed by atoms with Crippen LogP contribution in [0.1, 0.15) is 24.3 Å².